The molecule has 0 saturated carbocycles. The fourth-order valence-electron chi connectivity index (χ4n) is 0. The third-order valence-electron chi connectivity index (χ3n) is 1.40. The summed E-state index contributed by atoms with van der Waals surface area (Å²) in [6.07, 6.45) is -2.37. The lowest BCUT2D eigenvalue weighted by Crippen LogP contribution is -2.17. The second-order valence-corrected chi connectivity index (χ2v) is 2.96. The predicted octanol–water partition coefficient (Wildman–Crippen LogP) is -0.504. The molecule has 4 N–H and O–H groups in total. The maximum Gasteiger partial charge on any atom is 0.0768 e. The molecule has 4 nitrogen and oxygen atoms in total. The SMILES string of the molecule is C[C@@H](O)[C@@H](C)O.C[C@H](O)[C@H](C)O. The van der Waals surface area contributed by atoms with Gasteiger partial charge in [0.25, 0.3) is 0 Å². The Labute approximate surface area is 73.5 Å². The molecule has 0 aromatic carbocycles. The highest BCUT2D eigenvalue weighted by atomic mass is 16.3. The van der Waals surface area contributed by atoms with Crippen LogP contribution in [0.1, 0.15) is 27.7 Å². The molecule has 76 valence electrons. The number of hydrogen-bond acceptors (Lipinski definition) is 4. The second-order valence-electron chi connectivity index (χ2n) is 2.96. The minimum atomic E-state index is -0.593. The van der Waals surface area contributed by atoms with Gasteiger partial charge in [0.2, 0.25) is 0 Å². The zero-order valence-corrected chi connectivity index (χ0v) is 8.10. The zero-order chi connectivity index (χ0) is 10.3. The van der Waals surface area contributed by atoms with Crippen LogP contribution in [0, 0.1) is 0 Å². The first-order valence-corrected chi connectivity index (χ1v) is 4.01. The van der Waals surface area contributed by atoms with E-state index in [-0.39, 0.29) is 0 Å². The normalized spacial score (nSPS) is 20.0. The molecule has 0 bridgehead atoms. The summed E-state index contributed by atoms with van der Waals surface area (Å²) in [6.45, 7) is 6.19. The van der Waals surface area contributed by atoms with Crippen molar-refractivity contribution in [3.63, 3.8) is 0 Å². The van der Waals surface area contributed by atoms with E-state index < -0.39 is 24.4 Å². The van der Waals surface area contributed by atoms with Gasteiger partial charge in [0.15, 0.2) is 0 Å². The van der Waals surface area contributed by atoms with Crippen molar-refractivity contribution in [2.24, 2.45) is 0 Å². The Morgan fingerprint density at radius 3 is 0.583 bits per heavy atom. The van der Waals surface area contributed by atoms with E-state index in [0.717, 1.165) is 0 Å². The molecule has 0 amide bonds. The Kier molecular flexibility index (Phi) is 8.97. The van der Waals surface area contributed by atoms with Gasteiger partial charge in [-0.1, -0.05) is 0 Å². The van der Waals surface area contributed by atoms with Crippen LogP contribution in [0.3, 0.4) is 0 Å². The topological polar surface area (TPSA) is 80.9 Å². The molecule has 0 spiro atoms. The molecule has 0 saturated heterocycles. The molecule has 4 atom stereocenters. The lowest BCUT2D eigenvalue weighted by atomic mass is 10.3. The maximum atomic E-state index is 8.38. The Bertz CT molecular complexity index is 65.1. The summed E-state index contributed by atoms with van der Waals surface area (Å²) in [5.41, 5.74) is 0. The van der Waals surface area contributed by atoms with Crippen molar-refractivity contribution in [2.75, 3.05) is 0 Å². The largest absolute Gasteiger partial charge is 0.391 e. The first-order valence-electron chi connectivity index (χ1n) is 4.01. The second kappa shape index (κ2) is 7.49. The highest BCUT2D eigenvalue weighted by Crippen LogP contribution is 1.86. The zero-order valence-electron chi connectivity index (χ0n) is 8.10. The fourth-order valence-corrected chi connectivity index (χ4v) is 0. The van der Waals surface area contributed by atoms with Crippen LogP contribution in [0.4, 0.5) is 0 Å². The number of rotatable bonds is 2. The Morgan fingerprint density at radius 1 is 0.500 bits per heavy atom. The Morgan fingerprint density at radius 2 is 0.583 bits per heavy atom. The van der Waals surface area contributed by atoms with E-state index in [2.05, 4.69) is 0 Å². The summed E-state index contributed by atoms with van der Waals surface area (Å²) in [7, 11) is 0. The molecule has 0 aliphatic carbocycles. The summed E-state index contributed by atoms with van der Waals surface area (Å²) in [6, 6.07) is 0. The van der Waals surface area contributed by atoms with Crippen LogP contribution in [0.15, 0.2) is 0 Å². The van der Waals surface area contributed by atoms with Crippen molar-refractivity contribution in [3.8, 4) is 0 Å². The van der Waals surface area contributed by atoms with Gasteiger partial charge in [0, 0.05) is 0 Å². The first-order chi connectivity index (χ1) is 5.29. The van der Waals surface area contributed by atoms with Crippen LogP contribution in [-0.2, 0) is 0 Å². The molecule has 0 radical (unpaired) electrons. The fraction of sp³-hybridized carbons (Fsp3) is 1.00. The summed E-state index contributed by atoms with van der Waals surface area (Å²) in [5.74, 6) is 0. The minimum Gasteiger partial charge on any atom is -0.391 e. The van der Waals surface area contributed by atoms with E-state index in [9.17, 15) is 0 Å². The highest BCUT2D eigenvalue weighted by molar-refractivity contribution is 4.51. The highest BCUT2D eigenvalue weighted by Gasteiger charge is 2.00. The molecular formula is C8H20O4. The summed E-state index contributed by atoms with van der Waals surface area (Å²) in [5, 5.41) is 33.5. The van der Waals surface area contributed by atoms with Gasteiger partial charge >= 0.3 is 0 Å². The lowest BCUT2D eigenvalue weighted by molar-refractivity contribution is 0.0438. The molecule has 4 heteroatoms. The average molecular weight is 180 g/mol. The smallest absolute Gasteiger partial charge is 0.0768 e. The van der Waals surface area contributed by atoms with E-state index in [4.69, 9.17) is 20.4 Å². The van der Waals surface area contributed by atoms with Gasteiger partial charge in [-0.25, -0.2) is 0 Å². The van der Waals surface area contributed by atoms with E-state index in [1.807, 2.05) is 0 Å². The minimum absolute atomic E-state index is 0.593. The molecule has 0 aromatic heterocycles. The number of hydrogen-bond donors (Lipinski definition) is 4. The summed E-state index contributed by atoms with van der Waals surface area (Å²) >= 11 is 0. The Balaban J connectivity index is 0. The van der Waals surface area contributed by atoms with Crippen molar-refractivity contribution >= 4 is 0 Å². The summed E-state index contributed by atoms with van der Waals surface area (Å²) in [4.78, 5) is 0. The summed E-state index contributed by atoms with van der Waals surface area (Å²) < 4.78 is 0. The van der Waals surface area contributed by atoms with Crippen molar-refractivity contribution in [3.05, 3.63) is 0 Å². The third kappa shape index (κ3) is 12.5. The molecule has 0 aliphatic heterocycles. The standard InChI is InChI=1S/2C4H10O2/c2*1-3(5)4(2)6/h2*3-6H,1-2H3/t2*3-,4-/m10/s1. The van der Waals surface area contributed by atoms with Crippen LogP contribution >= 0.6 is 0 Å². The predicted molar refractivity (Wildman–Crippen MR) is 46.7 cm³/mol. The molecule has 12 heavy (non-hydrogen) atoms. The van der Waals surface area contributed by atoms with Gasteiger partial charge in [-0.05, 0) is 27.7 Å². The molecule has 0 fully saturated rings. The van der Waals surface area contributed by atoms with Crippen LogP contribution < -0.4 is 0 Å². The van der Waals surface area contributed by atoms with Crippen LogP contribution in [-0.4, -0.2) is 44.8 Å². The molecule has 0 aliphatic rings. The van der Waals surface area contributed by atoms with Gasteiger partial charge in [-0.3, -0.25) is 0 Å². The first kappa shape index (κ1) is 14.4. The van der Waals surface area contributed by atoms with Gasteiger partial charge in [-0.15, -0.1) is 0 Å². The molecule has 0 unspecified atom stereocenters. The molecule has 0 aromatic rings. The van der Waals surface area contributed by atoms with Crippen molar-refractivity contribution in [1.82, 2.24) is 0 Å². The van der Waals surface area contributed by atoms with Gasteiger partial charge in [-0.2, -0.15) is 0 Å². The van der Waals surface area contributed by atoms with Gasteiger partial charge in [0.1, 0.15) is 0 Å². The van der Waals surface area contributed by atoms with Gasteiger partial charge < -0.3 is 20.4 Å². The van der Waals surface area contributed by atoms with Crippen LogP contribution in [0.25, 0.3) is 0 Å². The van der Waals surface area contributed by atoms with E-state index >= 15 is 0 Å². The van der Waals surface area contributed by atoms with Crippen molar-refractivity contribution in [1.29, 1.82) is 0 Å². The lowest BCUT2D eigenvalue weighted by Gasteiger charge is -2.03. The molecular weight excluding hydrogens is 160 g/mol. The number of aliphatic hydroxyl groups excluding tert-OH is 4. The van der Waals surface area contributed by atoms with E-state index in [1.54, 1.807) is 27.7 Å². The van der Waals surface area contributed by atoms with Crippen molar-refractivity contribution < 1.29 is 20.4 Å². The quantitative estimate of drug-likeness (QED) is 0.461. The monoisotopic (exact) mass is 180 g/mol. The van der Waals surface area contributed by atoms with E-state index in [0.29, 0.717) is 0 Å². The third-order valence-corrected chi connectivity index (χ3v) is 1.40. The molecule has 0 rings (SSSR count). The van der Waals surface area contributed by atoms with Gasteiger partial charge in [0.05, 0.1) is 24.4 Å². The number of aliphatic hydroxyl groups is 4. The van der Waals surface area contributed by atoms with E-state index in [1.165, 1.54) is 0 Å². The maximum absolute atomic E-state index is 8.38. The Hall–Kier alpha value is -0.160. The van der Waals surface area contributed by atoms with Crippen LogP contribution in [0.2, 0.25) is 0 Å². The average Bonchev–Trinajstić information content (AvgIpc) is 1.88. The van der Waals surface area contributed by atoms with Crippen LogP contribution in [0.5, 0.6) is 0 Å². The molecule has 0 heterocycles. The van der Waals surface area contributed by atoms with Crippen molar-refractivity contribution in [2.45, 2.75) is 52.1 Å².